The second kappa shape index (κ2) is 8.62. The standard InChI is InChI=1S/C17H27NO2/c1-4-5-6-7-8-9-14(3)18-16-11-10-15(17(19)20)12-13(16)2/h10-12,14,18H,4-9H2,1-3H3,(H,19,20). The molecule has 0 spiro atoms. The summed E-state index contributed by atoms with van der Waals surface area (Å²) in [5.74, 6) is -0.872. The Bertz CT molecular complexity index is 429. The minimum absolute atomic E-state index is 0.347. The minimum atomic E-state index is -0.872. The van der Waals surface area contributed by atoms with Crippen LogP contribution in [-0.4, -0.2) is 17.1 Å². The van der Waals surface area contributed by atoms with E-state index in [9.17, 15) is 4.79 Å². The number of benzene rings is 1. The van der Waals surface area contributed by atoms with Crippen molar-refractivity contribution in [2.24, 2.45) is 0 Å². The molecule has 1 unspecified atom stereocenters. The summed E-state index contributed by atoms with van der Waals surface area (Å²) in [7, 11) is 0. The normalized spacial score (nSPS) is 12.2. The molecule has 0 fully saturated rings. The molecular weight excluding hydrogens is 250 g/mol. The average molecular weight is 277 g/mol. The molecule has 112 valence electrons. The van der Waals surface area contributed by atoms with Crippen molar-refractivity contribution in [2.75, 3.05) is 5.32 Å². The first kappa shape index (κ1) is 16.5. The fourth-order valence-electron chi connectivity index (χ4n) is 2.35. The van der Waals surface area contributed by atoms with Crippen molar-refractivity contribution in [1.29, 1.82) is 0 Å². The van der Waals surface area contributed by atoms with E-state index in [0.717, 1.165) is 17.7 Å². The van der Waals surface area contributed by atoms with Gasteiger partial charge >= 0.3 is 5.97 Å². The number of aryl methyl sites for hydroxylation is 1. The number of carboxylic acids is 1. The van der Waals surface area contributed by atoms with Crippen LogP contribution in [0.4, 0.5) is 5.69 Å². The van der Waals surface area contributed by atoms with Crippen molar-refractivity contribution < 1.29 is 9.90 Å². The van der Waals surface area contributed by atoms with E-state index >= 15 is 0 Å². The van der Waals surface area contributed by atoms with Gasteiger partial charge in [0, 0.05) is 11.7 Å². The van der Waals surface area contributed by atoms with Gasteiger partial charge in [0.1, 0.15) is 0 Å². The number of hydrogen-bond acceptors (Lipinski definition) is 2. The maximum Gasteiger partial charge on any atom is 0.335 e. The van der Waals surface area contributed by atoms with Crippen LogP contribution in [0, 0.1) is 6.92 Å². The van der Waals surface area contributed by atoms with Crippen LogP contribution in [0.15, 0.2) is 18.2 Å². The van der Waals surface area contributed by atoms with Gasteiger partial charge in [0.05, 0.1) is 5.56 Å². The number of nitrogens with one attached hydrogen (secondary N) is 1. The predicted molar refractivity (Wildman–Crippen MR) is 84.6 cm³/mol. The topological polar surface area (TPSA) is 49.3 Å². The van der Waals surface area contributed by atoms with E-state index in [1.54, 1.807) is 12.1 Å². The summed E-state index contributed by atoms with van der Waals surface area (Å²) in [6.07, 6.45) is 7.65. The maximum atomic E-state index is 10.9. The van der Waals surface area contributed by atoms with Gasteiger partial charge in [-0.1, -0.05) is 39.0 Å². The van der Waals surface area contributed by atoms with Crippen LogP contribution >= 0.6 is 0 Å². The summed E-state index contributed by atoms with van der Waals surface area (Å²) < 4.78 is 0. The first-order valence-electron chi connectivity index (χ1n) is 7.65. The van der Waals surface area contributed by atoms with Gasteiger partial charge in [0.2, 0.25) is 0 Å². The highest BCUT2D eigenvalue weighted by molar-refractivity contribution is 5.88. The number of anilines is 1. The molecule has 0 saturated heterocycles. The van der Waals surface area contributed by atoms with Crippen molar-refractivity contribution >= 4 is 11.7 Å². The molecule has 0 aliphatic heterocycles. The van der Waals surface area contributed by atoms with Gasteiger partial charge in [-0.05, 0) is 44.0 Å². The minimum Gasteiger partial charge on any atom is -0.478 e. The van der Waals surface area contributed by atoms with E-state index in [1.807, 2.05) is 13.0 Å². The molecular formula is C17H27NO2. The third kappa shape index (κ3) is 5.64. The lowest BCUT2D eigenvalue weighted by atomic mass is 10.1. The summed E-state index contributed by atoms with van der Waals surface area (Å²) in [6.45, 7) is 6.36. The molecule has 0 saturated carbocycles. The van der Waals surface area contributed by atoms with Crippen LogP contribution < -0.4 is 5.32 Å². The molecule has 20 heavy (non-hydrogen) atoms. The number of rotatable bonds is 9. The molecule has 1 rings (SSSR count). The lowest BCUT2D eigenvalue weighted by Gasteiger charge is -2.17. The van der Waals surface area contributed by atoms with E-state index < -0.39 is 5.97 Å². The molecule has 0 amide bonds. The first-order valence-corrected chi connectivity index (χ1v) is 7.65. The summed E-state index contributed by atoms with van der Waals surface area (Å²) >= 11 is 0. The van der Waals surface area contributed by atoms with Crippen LogP contribution in [0.5, 0.6) is 0 Å². The third-order valence-electron chi connectivity index (χ3n) is 3.62. The van der Waals surface area contributed by atoms with E-state index in [1.165, 1.54) is 32.1 Å². The zero-order valence-electron chi connectivity index (χ0n) is 12.9. The smallest absolute Gasteiger partial charge is 0.335 e. The largest absolute Gasteiger partial charge is 0.478 e. The van der Waals surface area contributed by atoms with Crippen LogP contribution in [0.3, 0.4) is 0 Å². The molecule has 1 aromatic rings. The molecule has 3 nitrogen and oxygen atoms in total. The highest BCUT2D eigenvalue weighted by Gasteiger charge is 2.08. The van der Waals surface area contributed by atoms with E-state index in [0.29, 0.717) is 11.6 Å². The van der Waals surface area contributed by atoms with Crippen molar-refractivity contribution in [3.05, 3.63) is 29.3 Å². The number of aromatic carboxylic acids is 1. The zero-order valence-corrected chi connectivity index (χ0v) is 12.9. The summed E-state index contributed by atoms with van der Waals surface area (Å²) in [5.41, 5.74) is 2.37. The molecule has 3 heteroatoms. The van der Waals surface area contributed by atoms with Gasteiger partial charge < -0.3 is 10.4 Å². The van der Waals surface area contributed by atoms with Gasteiger partial charge in [-0.3, -0.25) is 0 Å². The molecule has 2 N–H and O–H groups in total. The van der Waals surface area contributed by atoms with E-state index in [2.05, 4.69) is 19.2 Å². The average Bonchev–Trinajstić information content (AvgIpc) is 2.40. The number of carboxylic acid groups (broad SMARTS) is 1. The van der Waals surface area contributed by atoms with Crippen molar-refractivity contribution in [3.63, 3.8) is 0 Å². The predicted octanol–water partition coefficient (Wildman–Crippen LogP) is 4.85. The Hall–Kier alpha value is -1.51. The Balaban J connectivity index is 2.41. The van der Waals surface area contributed by atoms with Gasteiger partial charge in [0.25, 0.3) is 0 Å². The SMILES string of the molecule is CCCCCCCC(C)Nc1ccc(C(=O)O)cc1C. The van der Waals surface area contributed by atoms with Gasteiger partial charge in [-0.25, -0.2) is 4.79 Å². The number of hydrogen-bond donors (Lipinski definition) is 2. The van der Waals surface area contributed by atoms with Crippen molar-refractivity contribution in [2.45, 2.75) is 65.3 Å². The molecule has 0 bridgehead atoms. The lowest BCUT2D eigenvalue weighted by molar-refractivity contribution is 0.0697. The van der Waals surface area contributed by atoms with Crippen LogP contribution in [0.25, 0.3) is 0 Å². The summed E-state index contributed by atoms with van der Waals surface area (Å²) in [6, 6.07) is 5.67. The zero-order chi connectivity index (χ0) is 15.0. The Morgan fingerprint density at radius 2 is 1.95 bits per heavy atom. The monoisotopic (exact) mass is 277 g/mol. The molecule has 1 aromatic carbocycles. The fourth-order valence-corrected chi connectivity index (χ4v) is 2.35. The van der Waals surface area contributed by atoms with Crippen molar-refractivity contribution in [1.82, 2.24) is 0 Å². The Morgan fingerprint density at radius 3 is 2.55 bits per heavy atom. The van der Waals surface area contributed by atoms with Crippen LogP contribution in [-0.2, 0) is 0 Å². The summed E-state index contributed by atoms with van der Waals surface area (Å²) in [4.78, 5) is 10.9. The van der Waals surface area contributed by atoms with Gasteiger partial charge in [-0.15, -0.1) is 0 Å². The first-order chi connectivity index (χ1) is 9.54. The highest BCUT2D eigenvalue weighted by Crippen LogP contribution is 2.19. The highest BCUT2D eigenvalue weighted by atomic mass is 16.4. The van der Waals surface area contributed by atoms with Crippen LogP contribution in [0.2, 0.25) is 0 Å². The Labute approximate surface area is 122 Å². The number of unbranched alkanes of at least 4 members (excludes halogenated alkanes) is 4. The third-order valence-corrected chi connectivity index (χ3v) is 3.62. The van der Waals surface area contributed by atoms with E-state index in [-0.39, 0.29) is 0 Å². The van der Waals surface area contributed by atoms with E-state index in [4.69, 9.17) is 5.11 Å². The molecule has 0 radical (unpaired) electrons. The second-order valence-corrected chi connectivity index (χ2v) is 5.58. The Kier molecular flexibility index (Phi) is 7.13. The van der Waals surface area contributed by atoms with Crippen molar-refractivity contribution in [3.8, 4) is 0 Å². The molecule has 0 aromatic heterocycles. The number of carbonyl (C=O) groups is 1. The molecule has 0 heterocycles. The Morgan fingerprint density at radius 1 is 1.25 bits per heavy atom. The maximum absolute atomic E-state index is 10.9. The molecule has 0 aliphatic carbocycles. The van der Waals surface area contributed by atoms with Gasteiger partial charge in [0.15, 0.2) is 0 Å². The lowest BCUT2D eigenvalue weighted by Crippen LogP contribution is -2.15. The molecule has 0 aliphatic rings. The van der Waals surface area contributed by atoms with Gasteiger partial charge in [-0.2, -0.15) is 0 Å². The summed E-state index contributed by atoms with van der Waals surface area (Å²) in [5, 5.41) is 12.4. The quantitative estimate of drug-likeness (QED) is 0.634. The fraction of sp³-hybridized carbons (Fsp3) is 0.588. The van der Waals surface area contributed by atoms with Crippen LogP contribution in [0.1, 0.15) is 68.3 Å². The molecule has 1 atom stereocenters. The second-order valence-electron chi connectivity index (χ2n) is 5.58.